The molecule has 4 heteroatoms. The van der Waals surface area contributed by atoms with Gasteiger partial charge in [-0.25, -0.2) is 0 Å². The normalized spacial score (nSPS) is 20.8. The maximum Gasteiger partial charge on any atom is 0.166 e. The molecule has 0 saturated carbocycles. The standard InChI is InChI=1S/C10H20N2S2/c1-2-3-6-11-10(13)12-8-9-5-4-7-14-9/h9H,2-8H2,1H3,(H2,11,12,13). The summed E-state index contributed by atoms with van der Waals surface area (Å²) in [6.45, 7) is 4.22. The second-order valence-electron chi connectivity index (χ2n) is 3.63. The van der Waals surface area contributed by atoms with Crippen LogP contribution in [0.3, 0.4) is 0 Å². The van der Waals surface area contributed by atoms with Gasteiger partial charge in [0.15, 0.2) is 5.11 Å². The van der Waals surface area contributed by atoms with Crippen LogP contribution in [0.1, 0.15) is 32.6 Å². The highest BCUT2D eigenvalue weighted by Crippen LogP contribution is 2.25. The third-order valence-electron chi connectivity index (χ3n) is 2.33. The fourth-order valence-corrected chi connectivity index (χ4v) is 2.84. The predicted octanol–water partition coefficient (Wildman–Crippen LogP) is 2.15. The first-order chi connectivity index (χ1) is 6.83. The first-order valence-electron chi connectivity index (χ1n) is 5.46. The van der Waals surface area contributed by atoms with E-state index in [1.165, 1.54) is 31.4 Å². The lowest BCUT2D eigenvalue weighted by Crippen LogP contribution is -2.38. The number of thiocarbonyl (C=S) groups is 1. The summed E-state index contributed by atoms with van der Waals surface area (Å²) in [6.07, 6.45) is 5.12. The zero-order chi connectivity index (χ0) is 10.2. The summed E-state index contributed by atoms with van der Waals surface area (Å²) in [5, 5.41) is 8.11. The Kier molecular flexibility index (Phi) is 6.36. The van der Waals surface area contributed by atoms with Gasteiger partial charge in [-0.2, -0.15) is 11.8 Å². The third kappa shape index (κ3) is 5.05. The molecule has 1 atom stereocenters. The summed E-state index contributed by atoms with van der Waals surface area (Å²) < 4.78 is 0. The molecule has 0 bridgehead atoms. The molecule has 1 aliphatic heterocycles. The summed E-state index contributed by atoms with van der Waals surface area (Å²) in [5.41, 5.74) is 0. The van der Waals surface area contributed by atoms with Gasteiger partial charge in [-0.05, 0) is 37.2 Å². The van der Waals surface area contributed by atoms with Gasteiger partial charge in [-0.1, -0.05) is 13.3 Å². The number of unbranched alkanes of at least 4 members (excludes halogenated alkanes) is 1. The fourth-order valence-electron chi connectivity index (χ4n) is 1.45. The molecule has 0 aromatic carbocycles. The maximum absolute atomic E-state index is 5.17. The zero-order valence-electron chi connectivity index (χ0n) is 8.84. The van der Waals surface area contributed by atoms with E-state index >= 15 is 0 Å². The van der Waals surface area contributed by atoms with E-state index in [0.717, 1.165) is 23.5 Å². The minimum Gasteiger partial charge on any atom is -0.363 e. The van der Waals surface area contributed by atoms with Crippen LogP contribution >= 0.6 is 24.0 Å². The Balaban J connectivity index is 1.96. The molecule has 1 aliphatic rings. The van der Waals surface area contributed by atoms with Gasteiger partial charge in [-0.3, -0.25) is 0 Å². The lowest BCUT2D eigenvalue weighted by molar-refractivity contribution is 0.714. The Hall–Kier alpha value is 0.0400. The van der Waals surface area contributed by atoms with Crippen LogP contribution in [0.25, 0.3) is 0 Å². The molecule has 0 aromatic heterocycles. The molecule has 1 fully saturated rings. The SMILES string of the molecule is CCCCNC(=S)NCC1CCCS1. The molecular formula is C10H20N2S2. The topological polar surface area (TPSA) is 24.1 Å². The van der Waals surface area contributed by atoms with Crippen molar-refractivity contribution >= 4 is 29.1 Å². The number of thioether (sulfide) groups is 1. The van der Waals surface area contributed by atoms with Crippen LogP contribution in [-0.4, -0.2) is 29.2 Å². The summed E-state index contributed by atoms with van der Waals surface area (Å²) in [7, 11) is 0. The highest BCUT2D eigenvalue weighted by Gasteiger charge is 2.14. The zero-order valence-corrected chi connectivity index (χ0v) is 10.5. The van der Waals surface area contributed by atoms with Crippen molar-refractivity contribution in [3.05, 3.63) is 0 Å². The van der Waals surface area contributed by atoms with E-state index in [4.69, 9.17) is 12.2 Å². The Bertz CT molecular complexity index is 168. The van der Waals surface area contributed by atoms with Gasteiger partial charge in [0, 0.05) is 18.3 Å². The molecule has 1 heterocycles. The molecule has 82 valence electrons. The van der Waals surface area contributed by atoms with Crippen molar-refractivity contribution in [2.75, 3.05) is 18.8 Å². The van der Waals surface area contributed by atoms with Crippen LogP contribution in [0.5, 0.6) is 0 Å². The summed E-state index contributed by atoms with van der Waals surface area (Å²) in [6, 6.07) is 0. The molecule has 1 saturated heterocycles. The lowest BCUT2D eigenvalue weighted by atomic mass is 10.2. The molecule has 0 aromatic rings. The van der Waals surface area contributed by atoms with Crippen LogP contribution in [0.4, 0.5) is 0 Å². The maximum atomic E-state index is 5.17. The highest BCUT2D eigenvalue weighted by atomic mass is 32.2. The van der Waals surface area contributed by atoms with Crippen LogP contribution in [0.2, 0.25) is 0 Å². The molecule has 0 spiro atoms. The van der Waals surface area contributed by atoms with E-state index in [1.807, 2.05) is 0 Å². The van der Waals surface area contributed by atoms with Gasteiger partial charge in [0.2, 0.25) is 0 Å². The summed E-state index contributed by atoms with van der Waals surface area (Å²) in [4.78, 5) is 0. The van der Waals surface area contributed by atoms with E-state index in [-0.39, 0.29) is 0 Å². The Morgan fingerprint density at radius 3 is 3.00 bits per heavy atom. The number of rotatable bonds is 5. The molecular weight excluding hydrogens is 212 g/mol. The molecule has 0 aliphatic carbocycles. The van der Waals surface area contributed by atoms with Gasteiger partial charge in [0.1, 0.15) is 0 Å². The highest BCUT2D eigenvalue weighted by molar-refractivity contribution is 8.00. The number of hydrogen-bond acceptors (Lipinski definition) is 2. The minimum atomic E-state index is 0.779. The van der Waals surface area contributed by atoms with Gasteiger partial charge in [0.25, 0.3) is 0 Å². The average molecular weight is 232 g/mol. The van der Waals surface area contributed by atoms with Crippen molar-refractivity contribution in [2.24, 2.45) is 0 Å². The second-order valence-corrected chi connectivity index (χ2v) is 5.44. The lowest BCUT2D eigenvalue weighted by Gasteiger charge is -2.13. The molecule has 14 heavy (non-hydrogen) atoms. The predicted molar refractivity (Wildman–Crippen MR) is 69.0 cm³/mol. The van der Waals surface area contributed by atoms with E-state index in [2.05, 4.69) is 29.3 Å². The van der Waals surface area contributed by atoms with Crippen LogP contribution < -0.4 is 10.6 Å². The largest absolute Gasteiger partial charge is 0.363 e. The van der Waals surface area contributed by atoms with E-state index in [9.17, 15) is 0 Å². The molecule has 1 rings (SSSR count). The summed E-state index contributed by atoms with van der Waals surface area (Å²) >= 11 is 7.23. The molecule has 0 radical (unpaired) electrons. The van der Waals surface area contributed by atoms with Crippen molar-refractivity contribution in [1.82, 2.24) is 10.6 Å². The minimum absolute atomic E-state index is 0.779. The first-order valence-corrected chi connectivity index (χ1v) is 6.92. The molecule has 2 N–H and O–H groups in total. The van der Waals surface area contributed by atoms with Crippen molar-refractivity contribution in [3.8, 4) is 0 Å². The van der Waals surface area contributed by atoms with Gasteiger partial charge in [0.05, 0.1) is 0 Å². The van der Waals surface area contributed by atoms with Crippen molar-refractivity contribution < 1.29 is 0 Å². The van der Waals surface area contributed by atoms with E-state index < -0.39 is 0 Å². The van der Waals surface area contributed by atoms with Crippen LogP contribution in [0, 0.1) is 0 Å². The molecule has 2 nitrogen and oxygen atoms in total. The number of nitrogens with one attached hydrogen (secondary N) is 2. The Morgan fingerprint density at radius 1 is 1.50 bits per heavy atom. The second kappa shape index (κ2) is 7.35. The van der Waals surface area contributed by atoms with Crippen molar-refractivity contribution in [3.63, 3.8) is 0 Å². The number of hydrogen-bond donors (Lipinski definition) is 2. The average Bonchev–Trinajstić information content (AvgIpc) is 2.68. The fraction of sp³-hybridized carbons (Fsp3) is 0.900. The first kappa shape index (κ1) is 12.1. The van der Waals surface area contributed by atoms with Gasteiger partial charge in [-0.15, -0.1) is 0 Å². The molecule has 0 amide bonds. The summed E-state index contributed by atoms with van der Waals surface area (Å²) in [5.74, 6) is 1.32. The Morgan fingerprint density at radius 2 is 2.36 bits per heavy atom. The van der Waals surface area contributed by atoms with Crippen molar-refractivity contribution in [1.29, 1.82) is 0 Å². The van der Waals surface area contributed by atoms with Crippen LogP contribution in [0.15, 0.2) is 0 Å². The monoisotopic (exact) mass is 232 g/mol. The third-order valence-corrected chi connectivity index (χ3v) is 4.02. The van der Waals surface area contributed by atoms with Gasteiger partial charge >= 0.3 is 0 Å². The Labute approximate surface area is 96.6 Å². The van der Waals surface area contributed by atoms with E-state index in [1.54, 1.807) is 0 Å². The quantitative estimate of drug-likeness (QED) is 0.560. The smallest absolute Gasteiger partial charge is 0.166 e. The molecule has 1 unspecified atom stereocenters. The van der Waals surface area contributed by atoms with Gasteiger partial charge < -0.3 is 10.6 Å². The van der Waals surface area contributed by atoms with Crippen LogP contribution in [-0.2, 0) is 0 Å². The van der Waals surface area contributed by atoms with Crippen molar-refractivity contribution in [2.45, 2.75) is 37.9 Å². The van der Waals surface area contributed by atoms with E-state index in [0.29, 0.717) is 0 Å².